The fourth-order valence-electron chi connectivity index (χ4n) is 1.71. The summed E-state index contributed by atoms with van der Waals surface area (Å²) >= 11 is 0. The first-order chi connectivity index (χ1) is 6.40. The molecule has 0 bridgehead atoms. The number of allylic oxidation sites excluding steroid dienone is 1. The molecule has 0 atom stereocenters. The molecule has 1 nitrogen and oxygen atoms in total. The highest BCUT2D eigenvalue weighted by Crippen LogP contribution is 2.25. The summed E-state index contributed by atoms with van der Waals surface area (Å²) in [5.74, 6) is 1.07. The van der Waals surface area contributed by atoms with Gasteiger partial charge in [0.2, 0.25) is 0 Å². The molecular weight excluding hydrogens is 160 g/mol. The average Bonchev–Trinajstić information content (AvgIpc) is 2.18. The van der Waals surface area contributed by atoms with E-state index in [0.717, 1.165) is 31.6 Å². The van der Waals surface area contributed by atoms with Crippen molar-refractivity contribution >= 4 is 0 Å². The van der Waals surface area contributed by atoms with Crippen LogP contribution >= 0.6 is 0 Å². The van der Waals surface area contributed by atoms with Gasteiger partial charge in [0.1, 0.15) is 5.75 Å². The van der Waals surface area contributed by atoms with Gasteiger partial charge in [0.05, 0.1) is 6.61 Å². The van der Waals surface area contributed by atoms with Gasteiger partial charge in [0.15, 0.2) is 0 Å². The van der Waals surface area contributed by atoms with Gasteiger partial charge >= 0.3 is 0 Å². The van der Waals surface area contributed by atoms with E-state index >= 15 is 0 Å². The number of rotatable bonds is 2. The third kappa shape index (κ3) is 1.74. The molecule has 1 aliphatic heterocycles. The summed E-state index contributed by atoms with van der Waals surface area (Å²) in [5.41, 5.74) is 2.69. The molecular formula is C12H14O. The van der Waals surface area contributed by atoms with Crippen molar-refractivity contribution in [1.82, 2.24) is 0 Å². The topological polar surface area (TPSA) is 9.23 Å². The Morgan fingerprint density at radius 1 is 1.46 bits per heavy atom. The molecule has 0 aliphatic carbocycles. The van der Waals surface area contributed by atoms with Crippen LogP contribution in [0.1, 0.15) is 17.5 Å². The Kier molecular flexibility index (Phi) is 2.35. The molecule has 2 rings (SSSR count). The van der Waals surface area contributed by atoms with E-state index in [-0.39, 0.29) is 0 Å². The van der Waals surface area contributed by atoms with Crippen LogP contribution in [0.25, 0.3) is 0 Å². The van der Waals surface area contributed by atoms with Crippen molar-refractivity contribution in [2.24, 2.45) is 0 Å². The van der Waals surface area contributed by atoms with E-state index in [4.69, 9.17) is 4.74 Å². The highest BCUT2D eigenvalue weighted by atomic mass is 16.5. The van der Waals surface area contributed by atoms with Crippen molar-refractivity contribution in [2.45, 2.75) is 19.3 Å². The minimum Gasteiger partial charge on any atom is -0.493 e. The second-order valence-corrected chi connectivity index (χ2v) is 3.39. The quantitative estimate of drug-likeness (QED) is 0.626. The third-order valence-electron chi connectivity index (χ3n) is 2.35. The maximum atomic E-state index is 5.53. The normalized spacial score (nSPS) is 14.5. The van der Waals surface area contributed by atoms with Crippen LogP contribution in [0.4, 0.5) is 0 Å². The zero-order valence-corrected chi connectivity index (χ0v) is 7.75. The summed E-state index contributed by atoms with van der Waals surface area (Å²) < 4.78 is 5.53. The number of hydrogen-bond acceptors (Lipinski definition) is 1. The first kappa shape index (κ1) is 8.36. The van der Waals surface area contributed by atoms with E-state index in [1.807, 2.05) is 6.08 Å². The third-order valence-corrected chi connectivity index (χ3v) is 2.35. The maximum absolute atomic E-state index is 5.53. The SMILES string of the molecule is C=CCc1ccc2c(c1)CCCO2. The van der Waals surface area contributed by atoms with Crippen molar-refractivity contribution in [3.8, 4) is 5.75 Å². The molecule has 0 spiro atoms. The molecule has 0 saturated heterocycles. The molecule has 0 aromatic heterocycles. The lowest BCUT2D eigenvalue weighted by Gasteiger charge is -2.17. The summed E-state index contributed by atoms with van der Waals surface area (Å²) in [6.07, 6.45) is 5.18. The molecule has 68 valence electrons. The molecule has 1 heteroatoms. The van der Waals surface area contributed by atoms with Crippen LogP contribution in [0.5, 0.6) is 5.75 Å². The van der Waals surface area contributed by atoms with Gasteiger partial charge in [-0.25, -0.2) is 0 Å². The number of aryl methyl sites for hydroxylation is 1. The molecule has 13 heavy (non-hydrogen) atoms. The Morgan fingerprint density at radius 2 is 2.38 bits per heavy atom. The van der Waals surface area contributed by atoms with Crippen LogP contribution in [0.2, 0.25) is 0 Å². The van der Waals surface area contributed by atoms with Crippen LogP contribution in [-0.4, -0.2) is 6.61 Å². The van der Waals surface area contributed by atoms with E-state index in [2.05, 4.69) is 24.8 Å². The van der Waals surface area contributed by atoms with Crippen LogP contribution in [0, 0.1) is 0 Å². The molecule has 0 unspecified atom stereocenters. The molecule has 0 saturated carbocycles. The Hall–Kier alpha value is -1.24. The minimum atomic E-state index is 0.869. The number of benzene rings is 1. The van der Waals surface area contributed by atoms with Crippen molar-refractivity contribution in [2.75, 3.05) is 6.61 Å². The van der Waals surface area contributed by atoms with Gasteiger partial charge in [-0.15, -0.1) is 6.58 Å². The standard InChI is InChI=1S/C12H14O/c1-2-4-10-6-7-12-11(9-10)5-3-8-13-12/h2,6-7,9H,1,3-5,8H2. The highest BCUT2D eigenvalue weighted by molar-refractivity contribution is 5.39. The van der Waals surface area contributed by atoms with Gasteiger partial charge in [-0.05, 0) is 36.5 Å². The minimum absolute atomic E-state index is 0.869. The van der Waals surface area contributed by atoms with Crippen LogP contribution in [0.3, 0.4) is 0 Å². The lowest BCUT2D eigenvalue weighted by atomic mass is 10.0. The molecule has 0 radical (unpaired) electrons. The summed E-state index contributed by atoms with van der Waals surface area (Å²) in [4.78, 5) is 0. The number of fused-ring (bicyclic) bond motifs is 1. The molecule has 0 N–H and O–H groups in total. The smallest absolute Gasteiger partial charge is 0.122 e. The summed E-state index contributed by atoms with van der Waals surface area (Å²) in [6, 6.07) is 6.43. The molecule has 1 aliphatic rings. The average molecular weight is 174 g/mol. The van der Waals surface area contributed by atoms with E-state index < -0.39 is 0 Å². The predicted octanol–water partition coefficient (Wildman–Crippen LogP) is 2.74. The van der Waals surface area contributed by atoms with Crippen LogP contribution < -0.4 is 4.74 Å². The first-order valence-corrected chi connectivity index (χ1v) is 4.75. The Bertz CT molecular complexity index is 315. The predicted molar refractivity (Wildman–Crippen MR) is 54.2 cm³/mol. The summed E-state index contributed by atoms with van der Waals surface area (Å²) in [5, 5.41) is 0. The van der Waals surface area contributed by atoms with Crippen molar-refractivity contribution in [3.05, 3.63) is 42.0 Å². The molecule has 0 amide bonds. The van der Waals surface area contributed by atoms with Crippen molar-refractivity contribution in [3.63, 3.8) is 0 Å². The molecule has 1 aromatic carbocycles. The van der Waals surface area contributed by atoms with E-state index in [9.17, 15) is 0 Å². The van der Waals surface area contributed by atoms with E-state index in [1.165, 1.54) is 11.1 Å². The number of hydrogen-bond donors (Lipinski definition) is 0. The van der Waals surface area contributed by atoms with Gasteiger partial charge in [0.25, 0.3) is 0 Å². The van der Waals surface area contributed by atoms with Crippen LogP contribution in [-0.2, 0) is 12.8 Å². The Balaban J connectivity index is 2.29. The Morgan fingerprint density at radius 3 is 3.23 bits per heavy atom. The number of ether oxygens (including phenoxy) is 1. The van der Waals surface area contributed by atoms with Gasteiger partial charge in [0, 0.05) is 0 Å². The van der Waals surface area contributed by atoms with Gasteiger partial charge in [-0.2, -0.15) is 0 Å². The Labute approximate surface area is 79.0 Å². The molecule has 1 aromatic rings. The second kappa shape index (κ2) is 3.65. The zero-order valence-electron chi connectivity index (χ0n) is 7.75. The van der Waals surface area contributed by atoms with Crippen molar-refractivity contribution in [1.29, 1.82) is 0 Å². The zero-order chi connectivity index (χ0) is 9.10. The maximum Gasteiger partial charge on any atom is 0.122 e. The van der Waals surface area contributed by atoms with E-state index in [1.54, 1.807) is 0 Å². The second-order valence-electron chi connectivity index (χ2n) is 3.39. The van der Waals surface area contributed by atoms with Gasteiger partial charge in [-0.3, -0.25) is 0 Å². The lowest BCUT2D eigenvalue weighted by molar-refractivity contribution is 0.288. The highest BCUT2D eigenvalue weighted by Gasteiger charge is 2.09. The summed E-state index contributed by atoms with van der Waals surface area (Å²) in [6.45, 7) is 4.61. The van der Waals surface area contributed by atoms with Crippen molar-refractivity contribution < 1.29 is 4.74 Å². The van der Waals surface area contributed by atoms with Gasteiger partial charge in [-0.1, -0.05) is 18.2 Å². The van der Waals surface area contributed by atoms with E-state index in [0.29, 0.717) is 0 Å². The first-order valence-electron chi connectivity index (χ1n) is 4.75. The molecule has 1 heterocycles. The largest absolute Gasteiger partial charge is 0.493 e. The van der Waals surface area contributed by atoms with Gasteiger partial charge < -0.3 is 4.74 Å². The fourth-order valence-corrected chi connectivity index (χ4v) is 1.71. The monoisotopic (exact) mass is 174 g/mol. The fraction of sp³-hybridized carbons (Fsp3) is 0.333. The molecule has 0 fully saturated rings. The lowest BCUT2D eigenvalue weighted by Crippen LogP contribution is -2.08. The van der Waals surface area contributed by atoms with Crippen LogP contribution in [0.15, 0.2) is 30.9 Å². The summed E-state index contributed by atoms with van der Waals surface area (Å²) in [7, 11) is 0.